The molecular formula is C36H54N4O5S. The molecule has 4 unspecified atom stereocenters. The van der Waals surface area contributed by atoms with Gasteiger partial charge in [0.1, 0.15) is 6.04 Å². The van der Waals surface area contributed by atoms with Gasteiger partial charge in [-0.1, -0.05) is 100 Å². The van der Waals surface area contributed by atoms with Gasteiger partial charge in [-0.3, -0.25) is 19.4 Å². The van der Waals surface area contributed by atoms with Crippen LogP contribution in [0.4, 0.5) is 0 Å². The van der Waals surface area contributed by atoms with Gasteiger partial charge in [-0.2, -0.15) is 11.8 Å². The van der Waals surface area contributed by atoms with Gasteiger partial charge in [0.15, 0.2) is 0 Å². The highest BCUT2D eigenvalue weighted by atomic mass is 32.2. The summed E-state index contributed by atoms with van der Waals surface area (Å²) in [6, 6.07) is 18.8. The first-order valence-electron chi connectivity index (χ1n) is 16.1. The molecule has 0 aliphatic carbocycles. The largest absolute Gasteiger partial charge is 0.390 e. The summed E-state index contributed by atoms with van der Waals surface area (Å²) in [5, 5.41) is 29.7. The summed E-state index contributed by atoms with van der Waals surface area (Å²) in [6.45, 7) is 11.3. The number of carbonyl (C=O) groups excluding carboxylic acids is 3. The third-order valence-corrected chi connectivity index (χ3v) is 8.13. The molecule has 0 saturated heterocycles. The van der Waals surface area contributed by atoms with E-state index in [0.717, 1.165) is 30.6 Å². The van der Waals surface area contributed by atoms with Crippen molar-refractivity contribution in [1.29, 1.82) is 0 Å². The highest BCUT2D eigenvalue weighted by Crippen LogP contribution is 2.19. The molecule has 4 atom stereocenters. The molecule has 2 aromatic rings. The van der Waals surface area contributed by atoms with Crippen LogP contribution in [0.15, 0.2) is 77.4 Å². The predicted molar refractivity (Wildman–Crippen MR) is 190 cm³/mol. The summed E-state index contributed by atoms with van der Waals surface area (Å²) in [6.07, 6.45) is 3.12. The van der Waals surface area contributed by atoms with Gasteiger partial charge in [-0.15, -0.1) is 0 Å². The van der Waals surface area contributed by atoms with Crippen LogP contribution in [-0.2, 0) is 20.9 Å². The molecule has 0 radical (unpaired) electrons. The fourth-order valence-corrected chi connectivity index (χ4v) is 5.34. The molecule has 2 aromatic carbocycles. The Morgan fingerprint density at radius 3 is 2.11 bits per heavy atom. The first-order chi connectivity index (χ1) is 22.0. The fraction of sp³-hybridized carbons (Fsp3) is 0.500. The van der Waals surface area contributed by atoms with Crippen molar-refractivity contribution in [3.8, 4) is 0 Å². The number of aliphatic hydroxyl groups is 2. The Morgan fingerprint density at radius 2 is 1.57 bits per heavy atom. The number of carbonyl (C=O) groups is 3. The number of nitrogens with zero attached hydrogens (tertiary/aromatic N) is 1. The molecular weight excluding hydrogens is 600 g/mol. The summed E-state index contributed by atoms with van der Waals surface area (Å²) in [4.78, 5) is 42.5. The minimum absolute atomic E-state index is 0.256. The molecule has 10 heteroatoms. The van der Waals surface area contributed by atoms with Crippen molar-refractivity contribution in [2.24, 2.45) is 16.8 Å². The first-order valence-corrected chi connectivity index (χ1v) is 17.2. The molecule has 5 N–H and O–H groups in total. The fourth-order valence-electron chi connectivity index (χ4n) is 4.21. The number of aryl methyl sites for hydroxylation is 1. The maximum atomic E-state index is 13.0. The standard InChI is InChI=1S/C29H46N4O5S.C7H8/c1-6-8-15-39-19-23(33-27(36)21(5)16-30-14-7-2)28(37)32-18-24(34)26(35)25(20(3)4)29(38)31-17-22-12-10-9-11-13-22;1-7-5-3-2-4-6-7/h9-14,16,20,23-26,34-35H,6-8,15,17-19H2,1-5H3,(H,31,38)(H,32,37)(H,33,36);2-6H,1H3/b21-16+,30-14?;. The van der Waals surface area contributed by atoms with Gasteiger partial charge in [0.2, 0.25) is 17.7 Å². The van der Waals surface area contributed by atoms with Gasteiger partial charge in [-0.05, 0) is 43.9 Å². The molecule has 46 heavy (non-hydrogen) atoms. The van der Waals surface area contributed by atoms with Crippen molar-refractivity contribution >= 4 is 35.7 Å². The number of amides is 3. The van der Waals surface area contributed by atoms with Crippen molar-refractivity contribution in [2.75, 3.05) is 18.1 Å². The van der Waals surface area contributed by atoms with Crippen LogP contribution in [0.1, 0.15) is 65.0 Å². The number of benzene rings is 2. The van der Waals surface area contributed by atoms with E-state index < -0.39 is 36.0 Å². The van der Waals surface area contributed by atoms with E-state index in [2.05, 4.69) is 46.9 Å². The van der Waals surface area contributed by atoms with Crippen LogP contribution in [0.5, 0.6) is 0 Å². The normalized spacial score (nSPS) is 14.1. The number of thioether (sulfide) groups is 1. The second-order valence-corrected chi connectivity index (χ2v) is 12.6. The van der Waals surface area contributed by atoms with Gasteiger partial charge in [0.25, 0.3) is 0 Å². The number of aliphatic imine (C=N–C) groups is 1. The molecule has 2 rings (SSSR count). The molecule has 0 heterocycles. The minimum Gasteiger partial charge on any atom is -0.390 e. The Labute approximate surface area is 279 Å². The smallest absolute Gasteiger partial charge is 0.249 e. The average Bonchev–Trinajstić information content (AvgIpc) is 3.04. The quantitative estimate of drug-likeness (QED) is 0.0888. The van der Waals surface area contributed by atoms with E-state index in [1.807, 2.05) is 55.5 Å². The lowest BCUT2D eigenvalue weighted by atomic mass is 9.86. The van der Waals surface area contributed by atoms with Crippen LogP contribution in [0.2, 0.25) is 0 Å². The summed E-state index contributed by atoms with van der Waals surface area (Å²) in [5.41, 5.74) is 2.61. The van der Waals surface area contributed by atoms with Gasteiger partial charge in [0.05, 0.1) is 18.1 Å². The summed E-state index contributed by atoms with van der Waals surface area (Å²) >= 11 is 1.56. The van der Waals surface area contributed by atoms with Crippen molar-refractivity contribution in [1.82, 2.24) is 16.0 Å². The van der Waals surface area contributed by atoms with E-state index in [0.29, 0.717) is 17.9 Å². The van der Waals surface area contributed by atoms with Crippen molar-refractivity contribution in [3.63, 3.8) is 0 Å². The molecule has 0 bridgehead atoms. The number of rotatable bonds is 18. The third kappa shape index (κ3) is 16.7. The third-order valence-electron chi connectivity index (χ3n) is 6.98. The molecule has 0 saturated carbocycles. The van der Waals surface area contributed by atoms with E-state index in [1.165, 1.54) is 11.8 Å². The van der Waals surface area contributed by atoms with Crippen LogP contribution < -0.4 is 16.0 Å². The van der Waals surface area contributed by atoms with Crippen LogP contribution in [0.25, 0.3) is 0 Å². The molecule has 0 aromatic heterocycles. The van der Waals surface area contributed by atoms with E-state index >= 15 is 0 Å². The molecule has 0 fully saturated rings. The number of aliphatic hydroxyl groups excluding tert-OH is 2. The molecule has 0 aliphatic rings. The highest BCUT2D eigenvalue weighted by Gasteiger charge is 2.35. The zero-order valence-corrected chi connectivity index (χ0v) is 29.1. The van der Waals surface area contributed by atoms with Gasteiger partial charge >= 0.3 is 0 Å². The molecule has 0 spiro atoms. The van der Waals surface area contributed by atoms with E-state index in [-0.39, 0.29) is 18.4 Å². The first kappa shape index (κ1) is 40.6. The number of hydrogen-bond donors (Lipinski definition) is 5. The van der Waals surface area contributed by atoms with Crippen molar-refractivity contribution in [3.05, 3.63) is 83.6 Å². The lowest BCUT2D eigenvalue weighted by molar-refractivity contribution is -0.135. The summed E-state index contributed by atoms with van der Waals surface area (Å²) in [7, 11) is 0. The maximum absolute atomic E-state index is 13.0. The lowest BCUT2D eigenvalue weighted by Crippen LogP contribution is -2.53. The Kier molecular flexibility index (Phi) is 21.0. The topological polar surface area (TPSA) is 140 Å². The van der Waals surface area contributed by atoms with Gasteiger partial charge in [0, 0.05) is 36.8 Å². The van der Waals surface area contributed by atoms with Crippen molar-refractivity contribution in [2.45, 2.75) is 85.6 Å². The lowest BCUT2D eigenvalue weighted by Gasteiger charge is -2.29. The van der Waals surface area contributed by atoms with E-state index in [4.69, 9.17) is 0 Å². The number of nitrogens with one attached hydrogen (secondary N) is 3. The minimum atomic E-state index is -1.39. The van der Waals surface area contributed by atoms with Crippen LogP contribution in [0, 0.1) is 18.8 Å². The Morgan fingerprint density at radius 1 is 0.935 bits per heavy atom. The Hall–Kier alpha value is -3.47. The van der Waals surface area contributed by atoms with Crippen LogP contribution in [0.3, 0.4) is 0 Å². The van der Waals surface area contributed by atoms with E-state index in [1.54, 1.807) is 38.7 Å². The zero-order valence-electron chi connectivity index (χ0n) is 28.2. The summed E-state index contributed by atoms with van der Waals surface area (Å²) in [5.74, 6) is -1.18. The Balaban J connectivity index is 0.00000132. The summed E-state index contributed by atoms with van der Waals surface area (Å²) < 4.78 is 0. The zero-order chi connectivity index (χ0) is 34.3. The van der Waals surface area contributed by atoms with Crippen LogP contribution in [-0.4, -0.2) is 70.4 Å². The molecule has 9 nitrogen and oxygen atoms in total. The van der Waals surface area contributed by atoms with Crippen molar-refractivity contribution < 1.29 is 24.6 Å². The molecule has 0 aliphatic heterocycles. The highest BCUT2D eigenvalue weighted by molar-refractivity contribution is 7.99. The van der Waals surface area contributed by atoms with Gasteiger partial charge < -0.3 is 26.2 Å². The number of unbranched alkanes of at least 4 members (excludes halogenated alkanes) is 1. The molecule has 254 valence electrons. The number of hydrogen-bond acceptors (Lipinski definition) is 7. The monoisotopic (exact) mass is 654 g/mol. The molecule has 3 amide bonds. The SMILES string of the molecule is CCC=N/C=C(\C)C(=O)NC(CSCCCC)C(=O)NCC(O)C(O)C(C(=O)NCc1ccccc1)C(C)C.Cc1ccccc1. The maximum Gasteiger partial charge on any atom is 0.249 e. The Bertz CT molecular complexity index is 1210. The van der Waals surface area contributed by atoms with Gasteiger partial charge in [-0.25, -0.2) is 0 Å². The second-order valence-electron chi connectivity index (χ2n) is 11.4. The predicted octanol–water partition coefficient (Wildman–Crippen LogP) is 4.81. The van der Waals surface area contributed by atoms with Crippen LogP contribution >= 0.6 is 11.8 Å². The second kappa shape index (κ2) is 23.8. The van der Waals surface area contributed by atoms with E-state index in [9.17, 15) is 24.6 Å². The average molecular weight is 655 g/mol.